The molecule has 10 heteroatoms. The molecule has 3 aromatic heterocycles. The summed E-state index contributed by atoms with van der Waals surface area (Å²) in [5.41, 5.74) is 1.24. The zero-order valence-electron chi connectivity index (χ0n) is 16.9. The first-order chi connectivity index (χ1) is 15.0. The smallest absolute Gasteiger partial charge is 0.280 e. The van der Waals surface area contributed by atoms with Crippen molar-refractivity contribution in [2.24, 2.45) is 0 Å². The van der Waals surface area contributed by atoms with Crippen LogP contribution in [0.5, 0.6) is 0 Å². The summed E-state index contributed by atoms with van der Waals surface area (Å²) in [4.78, 5) is 22.9. The Bertz CT molecular complexity index is 1360. The maximum absolute atomic E-state index is 13.8. The Balaban J connectivity index is 1.62. The van der Waals surface area contributed by atoms with Crippen molar-refractivity contribution in [3.8, 4) is 11.5 Å². The molecule has 0 amide bonds. The molecule has 0 N–H and O–H groups in total. The molecule has 4 aromatic rings. The Morgan fingerprint density at radius 2 is 2.16 bits per heavy atom. The molecule has 0 saturated carbocycles. The molecule has 2 aliphatic heterocycles. The molecule has 160 valence electrons. The van der Waals surface area contributed by atoms with E-state index >= 15 is 0 Å². The minimum absolute atomic E-state index is 0.0700. The zero-order valence-corrected chi connectivity index (χ0v) is 17.6. The number of imidazole rings is 1. The van der Waals surface area contributed by atoms with Gasteiger partial charge in [0, 0.05) is 18.2 Å². The largest absolute Gasteiger partial charge is 0.381 e. The van der Waals surface area contributed by atoms with Crippen molar-refractivity contribution < 1.29 is 14.0 Å². The van der Waals surface area contributed by atoms with Crippen LogP contribution in [0.2, 0.25) is 5.02 Å². The number of hydrogen-bond acceptors (Lipinski definition) is 7. The van der Waals surface area contributed by atoms with Crippen molar-refractivity contribution in [2.45, 2.75) is 37.8 Å². The predicted molar refractivity (Wildman–Crippen MR) is 112 cm³/mol. The van der Waals surface area contributed by atoms with Crippen LogP contribution < -0.4 is 5.56 Å². The highest BCUT2D eigenvalue weighted by Crippen LogP contribution is 2.34. The van der Waals surface area contributed by atoms with E-state index in [9.17, 15) is 4.79 Å². The lowest BCUT2D eigenvalue weighted by atomic mass is 10.1. The van der Waals surface area contributed by atoms with Crippen LogP contribution in [0.15, 0.2) is 33.8 Å². The Morgan fingerprint density at radius 1 is 1.26 bits per heavy atom. The fraction of sp³-hybridized carbons (Fsp3) is 0.429. The van der Waals surface area contributed by atoms with E-state index in [4.69, 9.17) is 25.6 Å². The summed E-state index contributed by atoms with van der Waals surface area (Å²) in [6.45, 7) is 3.76. The Hall–Kier alpha value is -2.75. The molecule has 0 bridgehead atoms. The van der Waals surface area contributed by atoms with E-state index in [1.807, 2.05) is 13.0 Å². The number of hydrogen-bond donors (Lipinski definition) is 0. The van der Waals surface area contributed by atoms with Crippen molar-refractivity contribution in [1.29, 1.82) is 0 Å². The number of benzene rings is 1. The highest BCUT2D eigenvalue weighted by Gasteiger charge is 2.36. The number of halogens is 1. The molecule has 6 rings (SSSR count). The van der Waals surface area contributed by atoms with Gasteiger partial charge in [-0.25, -0.2) is 4.98 Å². The van der Waals surface area contributed by atoms with E-state index in [-0.39, 0.29) is 11.5 Å². The molecule has 2 saturated heterocycles. The summed E-state index contributed by atoms with van der Waals surface area (Å²) < 4.78 is 20.4. The van der Waals surface area contributed by atoms with Crippen molar-refractivity contribution in [2.75, 3.05) is 19.8 Å². The normalized spacial score (nSPS) is 24.0. The van der Waals surface area contributed by atoms with E-state index in [1.54, 1.807) is 27.4 Å². The fourth-order valence-corrected chi connectivity index (χ4v) is 4.80. The van der Waals surface area contributed by atoms with Crippen LogP contribution >= 0.6 is 11.6 Å². The molecule has 9 nitrogen and oxygen atoms in total. The molecule has 2 aliphatic rings. The standard InChI is InChI=1S/C21H20ClN5O4/c1-21(6-2-7-30-21)27-15-9-13(22)3-4-14(15)26-11-23-16(17(26)20(27)28)18-24-19(31-25-18)12-5-8-29-10-12/h3-4,9,11-12H,2,5-8,10H2,1H3. The summed E-state index contributed by atoms with van der Waals surface area (Å²) >= 11 is 6.29. The molecule has 1 aromatic carbocycles. The van der Waals surface area contributed by atoms with Crippen LogP contribution in [0.1, 0.15) is 38.0 Å². The van der Waals surface area contributed by atoms with Crippen molar-refractivity contribution in [3.63, 3.8) is 0 Å². The van der Waals surface area contributed by atoms with Crippen LogP contribution in [0.25, 0.3) is 28.1 Å². The van der Waals surface area contributed by atoms with Gasteiger partial charge in [-0.05, 0) is 44.4 Å². The van der Waals surface area contributed by atoms with E-state index in [1.165, 1.54) is 0 Å². The second kappa shape index (κ2) is 6.88. The van der Waals surface area contributed by atoms with Crippen LogP contribution in [-0.4, -0.2) is 43.9 Å². The molecule has 5 heterocycles. The summed E-state index contributed by atoms with van der Waals surface area (Å²) in [7, 11) is 0. The van der Waals surface area contributed by atoms with E-state index in [0.29, 0.717) is 53.3 Å². The van der Waals surface area contributed by atoms with Crippen LogP contribution in [-0.2, 0) is 15.2 Å². The molecule has 31 heavy (non-hydrogen) atoms. The summed E-state index contributed by atoms with van der Waals surface area (Å²) in [5, 5.41) is 4.66. The van der Waals surface area contributed by atoms with Gasteiger partial charge < -0.3 is 14.0 Å². The third-order valence-corrected chi connectivity index (χ3v) is 6.45. The number of rotatable bonds is 3. The monoisotopic (exact) mass is 441 g/mol. The van der Waals surface area contributed by atoms with Crippen molar-refractivity contribution in [1.82, 2.24) is 24.1 Å². The summed E-state index contributed by atoms with van der Waals surface area (Å²) in [6.07, 6.45) is 4.04. The van der Waals surface area contributed by atoms with Gasteiger partial charge in [0.25, 0.3) is 5.56 Å². The van der Waals surface area contributed by atoms with Crippen molar-refractivity contribution >= 4 is 28.2 Å². The zero-order chi connectivity index (χ0) is 21.2. The van der Waals surface area contributed by atoms with E-state index in [2.05, 4.69) is 15.1 Å². The number of ether oxygens (including phenoxy) is 2. The molecule has 0 radical (unpaired) electrons. The third kappa shape index (κ3) is 2.84. The summed E-state index contributed by atoms with van der Waals surface area (Å²) in [6, 6.07) is 5.46. The first-order valence-corrected chi connectivity index (χ1v) is 10.7. The lowest BCUT2D eigenvalue weighted by molar-refractivity contribution is -0.0447. The van der Waals surface area contributed by atoms with E-state index in [0.717, 1.165) is 24.8 Å². The van der Waals surface area contributed by atoms with Gasteiger partial charge in [0.05, 0.1) is 23.6 Å². The molecule has 2 fully saturated rings. The van der Waals surface area contributed by atoms with Gasteiger partial charge in [-0.3, -0.25) is 13.8 Å². The lowest BCUT2D eigenvalue weighted by Gasteiger charge is -2.28. The maximum Gasteiger partial charge on any atom is 0.280 e. The second-order valence-corrected chi connectivity index (χ2v) is 8.67. The van der Waals surface area contributed by atoms with Crippen LogP contribution in [0.3, 0.4) is 0 Å². The number of nitrogens with zero attached hydrogens (tertiary/aromatic N) is 5. The highest BCUT2D eigenvalue weighted by atomic mass is 35.5. The highest BCUT2D eigenvalue weighted by molar-refractivity contribution is 6.31. The first-order valence-electron chi connectivity index (χ1n) is 10.3. The maximum atomic E-state index is 13.8. The van der Waals surface area contributed by atoms with Crippen LogP contribution in [0, 0.1) is 0 Å². The van der Waals surface area contributed by atoms with E-state index < -0.39 is 5.72 Å². The van der Waals surface area contributed by atoms with Crippen molar-refractivity contribution in [3.05, 3.63) is 45.8 Å². The molecular formula is C21H20ClN5O4. The van der Waals surface area contributed by atoms with Gasteiger partial charge in [-0.1, -0.05) is 16.8 Å². The first kappa shape index (κ1) is 19.0. The molecule has 2 unspecified atom stereocenters. The Kier molecular flexibility index (Phi) is 4.21. The number of fused-ring (bicyclic) bond motifs is 3. The van der Waals surface area contributed by atoms with Gasteiger partial charge in [-0.15, -0.1) is 0 Å². The number of aromatic nitrogens is 5. The van der Waals surface area contributed by atoms with Gasteiger partial charge in [0.1, 0.15) is 23.3 Å². The topological polar surface area (TPSA) is 96.7 Å². The predicted octanol–water partition coefficient (Wildman–Crippen LogP) is 3.34. The fourth-order valence-electron chi connectivity index (χ4n) is 4.63. The Morgan fingerprint density at radius 3 is 2.94 bits per heavy atom. The molecule has 2 atom stereocenters. The van der Waals surface area contributed by atoms with Gasteiger partial charge >= 0.3 is 0 Å². The molecule has 0 spiro atoms. The average molecular weight is 442 g/mol. The van der Waals surface area contributed by atoms with Gasteiger partial charge in [0.2, 0.25) is 11.7 Å². The minimum Gasteiger partial charge on any atom is -0.381 e. The molecule has 0 aliphatic carbocycles. The Labute approximate surface area is 181 Å². The average Bonchev–Trinajstić information content (AvgIpc) is 3.53. The SMILES string of the molecule is CC1(n2c(=O)c3c(-c4noc(C5CCOC5)n4)ncn3c3ccc(Cl)cc32)CCCO1. The second-order valence-electron chi connectivity index (χ2n) is 8.23. The quantitative estimate of drug-likeness (QED) is 0.481. The lowest BCUT2D eigenvalue weighted by Crippen LogP contribution is -2.39. The van der Waals surface area contributed by atoms with Crippen LogP contribution in [0.4, 0.5) is 0 Å². The van der Waals surface area contributed by atoms with Gasteiger partial charge in [0.15, 0.2) is 0 Å². The third-order valence-electron chi connectivity index (χ3n) is 6.21. The summed E-state index contributed by atoms with van der Waals surface area (Å²) in [5.74, 6) is 0.868. The molecular weight excluding hydrogens is 422 g/mol. The van der Waals surface area contributed by atoms with Gasteiger partial charge in [-0.2, -0.15) is 4.98 Å². The minimum atomic E-state index is -0.771.